The van der Waals surface area contributed by atoms with Gasteiger partial charge in [0.1, 0.15) is 5.82 Å². The minimum absolute atomic E-state index is 0.148. The summed E-state index contributed by atoms with van der Waals surface area (Å²) in [4.78, 5) is 16.7. The molecule has 1 N–H and O–H groups in total. The van der Waals surface area contributed by atoms with E-state index in [1.54, 1.807) is 30.5 Å². The van der Waals surface area contributed by atoms with Crippen molar-refractivity contribution < 1.29 is 22.0 Å². The lowest BCUT2D eigenvalue weighted by atomic mass is 10.0. The van der Waals surface area contributed by atoms with Crippen molar-refractivity contribution in [2.75, 3.05) is 18.4 Å². The van der Waals surface area contributed by atoms with Crippen LogP contribution in [0.5, 0.6) is 0 Å². The largest absolute Gasteiger partial charge is 0.441 e. The van der Waals surface area contributed by atoms with E-state index in [9.17, 15) is 17.6 Å². The number of sulfonamides is 1. The number of nitrogens with one attached hydrogen (secondary N) is 1. The highest BCUT2D eigenvalue weighted by atomic mass is 32.2. The van der Waals surface area contributed by atoms with Gasteiger partial charge in [0.15, 0.2) is 11.7 Å². The highest BCUT2D eigenvalue weighted by Gasteiger charge is 2.27. The predicted molar refractivity (Wildman–Crippen MR) is 122 cm³/mol. The van der Waals surface area contributed by atoms with E-state index in [0.717, 1.165) is 12.8 Å². The Morgan fingerprint density at radius 3 is 2.45 bits per heavy atom. The van der Waals surface area contributed by atoms with Gasteiger partial charge in [0.2, 0.25) is 15.9 Å². The van der Waals surface area contributed by atoms with Gasteiger partial charge in [-0.25, -0.2) is 17.8 Å². The van der Waals surface area contributed by atoms with Crippen LogP contribution in [-0.4, -0.2) is 36.7 Å². The highest BCUT2D eigenvalue weighted by Crippen LogP contribution is 2.25. The number of aromatic nitrogens is 1. The fourth-order valence-electron chi connectivity index (χ4n) is 3.70. The van der Waals surface area contributed by atoms with Crippen LogP contribution in [0.4, 0.5) is 10.1 Å². The number of amides is 1. The molecule has 1 amide bonds. The Morgan fingerprint density at radius 1 is 1.12 bits per heavy atom. The molecule has 1 aromatic heterocycles. The van der Waals surface area contributed by atoms with Crippen molar-refractivity contribution in [2.24, 2.45) is 5.92 Å². The maximum Gasteiger partial charge on any atom is 0.243 e. The summed E-state index contributed by atoms with van der Waals surface area (Å²) in [6.07, 6.45) is 3.72. The number of anilines is 1. The lowest BCUT2D eigenvalue weighted by Crippen LogP contribution is -2.37. The van der Waals surface area contributed by atoms with Crippen molar-refractivity contribution in [1.29, 1.82) is 0 Å². The average molecular weight is 472 g/mol. The first-order valence-electron chi connectivity index (χ1n) is 10.9. The topological polar surface area (TPSA) is 92.5 Å². The first-order chi connectivity index (χ1) is 15.8. The van der Waals surface area contributed by atoms with Crippen molar-refractivity contribution >= 4 is 21.6 Å². The SMILES string of the molecule is CC1CCN(S(=O)(=O)c2ccc(NC(=O)CCc3ncc(-c4ccc(F)cc4)o3)cc2)CC1. The molecule has 4 rings (SSSR count). The van der Waals surface area contributed by atoms with Gasteiger partial charge in [0, 0.05) is 37.2 Å². The van der Waals surface area contributed by atoms with Crippen LogP contribution >= 0.6 is 0 Å². The second-order valence-corrected chi connectivity index (χ2v) is 10.2. The molecule has 9 heteroatoms. The molecule has 0 unspecified atom stereocenters. The van der Waals surface area contributed by atoms with Gasteiger partial charge in [0.05, 0.1) is 11.1 Å². The Kier molecular flexibility index (Phi) is 6.90. The van der Waals surface area contributed by atoms with Crippen molar-refractivity contribution in [3.63, 3.8) is 0 Å². The lowest BCUT2D eigenvalue weighted by Gasteiger charge is -2.29. The van der Waals surface area contributed by atoms with E-state index in [4.69, 9.17) is 4.42 Å². The summed E-state index contributed by atoms with van der Waals surface area (Å²) < 4.78 is 45.8. The monoisotopic (exact) mass is 471 g/mol. The number of halogens is 1. The maximum atomic E-state index is 13.1. The van der Waals surface area contributed by atoms with Crippen molar-refractivity contribution in [3.8, 4) is 11.3 Å². The number of aryl methyl sites for hydroxylation is 1. The molecule has 7 nitrogen and oxygen atoms in total. The molecule has 0 radical (unpaired) electrons. The third-order valence-corrected chi connectivity index (χ3v) is 7.68. The Morgan fingerprint density at radius 2 is 1.79 bits per heavy atom. The molecule has 1 aliphatic heterocycles. The van der Waals surface area contributed by atoms with E-state index in [1.807, 2.05) is 0 Å². The number of carbonyl (C=O) groups excluding carboxylic acids is 1. The summed E-state index contributed by atoms with van der Waals surface area (Å²) in [5, 5.41) is 2.76. The van der Waals surface area contributed by atoms with E-state index in [1.165, 1.54) is 28.6 Å². The van der Waals surface area contributed by atoms with Gasteiger partial charge < -0.3 is 9.73 Å². The molecule has 2 heterocycles. The van der Waals surface area contributed by atoms with Crippen LogP contribution in [-0.2, 0) is 21.2 Å². The molecule has 174 valence electrons. The van der Waals surface area contributed by atoms with E-state index in [0.29, 0.717) is 48.3 Å². The van der Waals surface area contributed by atoms with E-state index >= 15 is 0 Å². The smallest absolute Gasteiger partial charge is 0.243 e. The molecule has 0 spiro atoms. The number of hydrogen-bond donors (Lipinski definition) is 1. The lowest BCUT2D eigenvalue weighted by molar-refractivity contribution is -0.116. The highest BCUT2D eigenvalue weighted by molar-refractivity contribution is 7.89. The Balaban J connectivity index is 1.31. The van der Waals surface area contributed by atoms with E-state index < -0.39 is 10.0 Å². The zero-order valence-electron chi connectivity index (χ0n) is 18.3. The van der Waals surface area contributed by atoms with Gasteiger partial charge >= 0.3 is 0 Å². The number of oxazole rings is 1. The Hall–Kier alpha value is -3.04. The second kappa shape index (κ2) is 9.84. The fraction of sp³-hybridized carbons (Fsp3) is 0.333. The van der Waals surface area contributed by atoms with Gasteiger partial charge in [-0.2, -0.15) is 4.31 Å². The molecular weight excluding hydrogens is 445 g/mol. The minimum Gasteiger partial charge on any atom is -0.441 e. The van der Waals surface area contributed by atoms with Gasteiger partial charge in [-0.15, -0.1) is 0 Å². The first-order valence-corrected chi connectivity index (χ1v) is 12.4. The van der Waals surface area contributed by atoms with E-state index in [2.05, 4.69) is 17.2 Å². The van der Waals surface area contributed by atoms with Crippen LogP contribution in [0.2, 0.25) is 0 Å². The first kappa shape index (κ1) is 23.1. The Labute approximate surface area is 192 Å². The van der Waals surface area contributed by atoms with Crippen molar-refractivity contribution in [3.05, 3.63) is 66.4 Å². The summed E-state index contributed by atoms with van der Waals surface area (Å²) in [6, 6.07) is 12.1. The third kappa shape index (κ3) is 5.66. The number of piperidine rings is 1. The molecule has 1 saturated heterocycles. The zero-order valence-corrected chi connectivity index (χ0v) is 19.1. The average Bonchev–Trinajstić information content (AvgIpc) is 3.28. The molecule has 1 aliphatic rings. The number of benzene rings is 2. The molecule has 33 heavy (non-hydrogen) atoms. The van der Waals surface area contributed by atoms with Gasteiger partial charge in [-0.1, -0.05) is 6.92 Å². The number of nitrogens with zero attached hydrogens (tertiary/aromatic N) is 2. The van der Waals surface area contributed by atoms with Crippen molar-refractivity contribution in [1.82, 2.24) is 9.29 Å². The standard InChI is InChI=1S/C24H26FN3O4S/c1-17-12-14-28(15-13-17)33(30,31)21-8-6-20(7-9-21)27-23(29)10-11-24-26-16-22(32-24)18-2-4-19(25)5-3-18/h2-9,16-17H,10-15H2,1H3,(H,27,29). The normalized spacial score (nSPS) is 15.5. The number of carbonyl (C=O) groups is 1. The molecule has 0 bridgehead atoms. The van der Waals surface area contributed by atoms with Crippen LogP contribution < -0.4 is 5.32 Å². The minimum atomic E-state index is -3.52. The fourth-order valence-corrected chi connectivity index (χ4v) is 5.17. The quantitative estimate of drug-likeness (QED) is 0.549. The predicted octanol–water partition coefficient (Wildman–Crippen LogP) is 4.47. The van der Waals surface area contributed by atoms with Crippen molar-refractivity contribution in [2.45, 2.75) is 37.5 Å². The summed E-state index contributed by atoms with van der Waals surface area (Å²) in [7, 11) is -3.52. The molecule has 3 aromatic rings. The van der Waals surface area contributed by atoms with Gasteiger partial charge in [-0.05, 0) is 67.3 Å². The molecular formula is C24H26FN3O4S. The summed E-state index contributed by atoms with van der Waals surface area (Å²) in [6.45, 7) is 3.20. The summed E-state index contributed by atoms with van der Waals surface area (Å²) >= 11 is 0. The van der Waals surface area contributed by atoms with Crippen LogP contribution in [0.15, 0.2) is 64.0 Å². The maximum absolute atomic E-state index is 13.1. The summed E-state index contributed by atoms with van der Waals surface area (Å²) in [5.41, 5.74) is 1.22. The number of rotatable bonds is 7. The Bertz CT molecular complexity index is 1200. The second-order valence-electron chi connectivity index (χ2n) is 8.28. The molecule has 0 saturated carbocycles. The van der Waals surface area contributed by atoms with Crippen LogP contribution in [0, 0.1) is 11.7 Å². The van der Waals surface area contributed by atoms with E-state index in [-0.39, 0.29) is 23.0 Å². The van der Waals surface area contributed by atoms with Crippen LogP contribution in [0.1, 0.15) is 32.1 Å². The van der Waals surface area contributed by atoms with Gasteiger partial charge in [0.25, 0.3) is 0 Å². The third-order valence-electron chi connectivity index (χ3n) is 5.77. The van der Waals surface area contributed by atoms with Crippen LogP contribution in [0.3, 0.4) is 0 Å². The molecule has 2 aromatic carbocycles. The summed E-state index contributed by atoms with van der Waals surface area (Å²) in [5.74, 6) is 0.881. The van der Waals surface area contributed by atoms with Gasteiger partial charge in [-0.3, -0.25) is 4.79 Å². The molecule has 0 atom stereocenters. The number of hydrogen-bond acceptors (Lipinski definition) is 5. The van der Waals surface area contributed by atoms with Crippen LogP contribution in [0.25, 0.3) is 11.3 Å². The molecule has 1 fully saturated rings. The molecule has 0 aliphatic carbocycles. The zero-order chi connectivity index (χ0) is 23.4.